The molecule has 1 aliphatic heterocycles. The van der Waals surface area contributed by atoms with Crippen LogP contribution in [-0.4, -0.2) is 28.3 Å². The summed E-state index contributed by atoms with van der Waals surface area (Å²) < 4.78 is 16.9. The lowest BCUT2D eigenvalue weighted by Gasteiger charge is -2.24. The first-order chi connectivity index (χ1) is 18.9. The Kier molecular flexibility index (Phi) is 7.50. The number of benzene rings is 3. The number of rotatable bonds is 9. The van der Waals surface area contributed by atoms with Crippen LogP contribution in [0.4, 0.5) is 0 Å². The lowest BCUT2D eigenvalue weighted by atomic mass is 9.95. The number of nitrogens with zero attached hydrogens (tertiary/aromatic N) is 1. The molecule has 0 aliphatic carbocycles. The number of carbonyl (C=O) groups excluding carboxylic acids is 2. The summed E-state index contributed by atoms with van der Waals surface area (Å²) in [4.78, 5) is 27.9. The monoisotopic (exact) mass is 523 g/mol. The van der Waals surface area contributed by atoms with E-state index in [-0.39, 0.29) is 17.9 Å². The van der Waals surface area contributed by atoms with Crippen molar-refractivity contribution in [2.75, 3.05) is 6.61 Å². The molecule has 0 saturated carbocycles. The van der Waals surface area contributed by atoms with E-state index in [2.05, 4.69) is 6.07 Å². The van der Waals surface area contributed by atoms with Crippen LogP contribution < -0.4 is 9.47 Å². The van der Waals surface area contributed by atoms with Crippen LogP contribution in [-0.2, 0) is 22.7 Å². The minimum absolute atomic E-state index is 0.0177. The fourth-order valence-electron chi connectivity index (χ4n) is 4.71. The van der Waals surface area contributed by atoms with Gasteiger partial charge in [0, 0.05) is 5.56 Å². The highest BCUT2D eigenvalue weighted by molar-refractivity contribution is 6.46. The van der Waals surface area contributed by atoms with Crippen LogP contribution in [0, 0.1) is 6.92 Å². The number of ether oxygens (including phenoxy) is 2. The van der Waals surface area contributed by atoms with Gasteiger partial charge in [-0.25, -0.2) is 0 Å². The molecule has 1 N–H and O–H groups in total. The molecule has 39 heavy (non-hydrogen) atoms. The summed E-state index contributed by atoms with van der Waals surface area (Å²) in [5.74, 6) is 0.116. The molecule has 1 saturated heterocycles. The average Bonchev–Trinajstić information content (AvgIpc) is 3.55. The van der Waals surface area contributed by atoms with Crippen molar-refractivity contribution in [2.24, 2.45) is 0 Å². The van der Waals surface area contributed by atoms with E-state index in [4.69, 9.17) is 13.9 Å². The Morgan fingerprint density at radius 1 is 0.923 bits per heavy atom. The maximum Gasteiger partial charge on any atom is 0.296 e. The molecule has 1 aliphatic rings. The third-order valence-corrected chi connectivity index (χ3v) is 6.57. The number of furan rings is 1. The molecule has 0 bridgehead atoms. The second-order valence-corrected chi connectivity index (χ2v) is 9.31. The quantitative estimate of drug-likeness (QED) is 0.160. The summed E-state index contributed by atoms with van der Waals surface area (Å²) in [6.07, 6.45) is 1.51. The number of likely N-dealkylation sites (tertiary alicyclic amines) is 1. The van der Waals surface area contributed by atoms with Gasteiger partial charge < -0.3 is 23.9 Å². The second kappa shape index (κ2) is 11.3. The number of aliphatic hydroxyl groups excluding tert-OH is 1. The van der Waals surface area contributed by atoms with Crippen molar-refractivity contribution in [2.45, 2.75) is 33.0 Å². The van der Waals surface area contributed by atoms with Gasteiger partial charge in [-0.05, 0) is 73.5 Å². The molecular weight excluding hydrogens is 494 g/mol. The number of ketones is 1. The van der Waals surface area contributed by atoms with E-state index in [1.165, 1.54) is 11.2 Å². The van der Waals surface area contributed by atoms with E-state index < -0.39 is 17.7 Å². The van der Waals surface area contributed by atoms with Crippen molar-refractivity contribution in [3.63, 3.8) is 0 Å². The molecule has 7 nitrogen and oxygen atoms in total. The first-order valence-electron chi connectivity index (χ1n) is 12.8. The van der Waals surface area contributed by atoms with Crippen molar-refractivity contribution in [1.29, 1.82) is 0 Å². The number of Topliss-reactive ketones (excluding diaryl/α,β-unsaturated/α-hetero) is 1. The Balaban J connectivity index is 1.46. The minimum Gasteiger partial charge on any atom is -0.507 e. The van der Waals surface area contributed by atoms with Gasteiger partial charge in [0.1, 0.15) is 29.6 Å². The number of carbonyl (C=O) groups is 2. The van der Waals surface area contributed by atoms with Gasteiger partial charge >= 0.3 is 0 Å². The number of hydrogen-bond donors (Lipinski definition) is 1. The number of aryl methyl sites for hydroxylation is 1. The van der Waals surface area contributed by atoms with Crippen LogP contribution in [0.3, 0.4) is 0 Å². The lowest BCUT2D eigenvalue weighted by molar-refractivity contribution is -0.140. The minimum atomic E-state index is -0.803. The zero-order valence-electron chi connectivity index (χ0n) is 21.8. The summed E-state index contributed by atoms with van der Waals surface area (Å²) in [7, 11) is 0. The van der Waals surface area contributed by atoms with Gasteiger partial charge in [-0.1, -0.05) is 42.0 Å². The van der Waals surface area contributed by atoms with Gasteiger partial charge in [0.05, 0.1) is 31.0 Å². The van der Waals surface area contributed by atoms with Gasteiger partial charge in [0.15, 0.2) is 0 Å². The highest BCUT2D eigenvalue weighted by atomic mass is 16.5. The molecular formula is C32H29NO6. The predicted octanol–water partition coefficient (Wildman–Crippen LogP) is 6.19. The predicted molar refractivity (Wildman–Crippen MR) is 146 cm³/mol. The molecule has 7 heteroatoms. The van der Waals surface area contributed by atoms with E-state index in [0.717, 1.165) is 11.1 Å². The topological polar surface area (TPSA) is 89.2 Å². The molecule has 3 aromatic carbocycles. The van der Waals surface area contributed by atoms with Crippen LogP contribution >= 0.6 is 0 Å². The number of aliphatic hydroxyl groups is 1. The van der Waals surface area contributed by atoms with Crippen LogP contribution in [0.1, 0.15) is 41.0 Å². The van der Waals surface area contributed by atoms with Gasteiger partial charge in [-0.15, -0.1) is 0 Å². The summed E-state index contributed by atoms with van der Waals surface area (Å²) in [6, 6.07) is 24.7. The molecule has 0 unspecified atom stereocenters. The molecule has 1 atom stereocenters. The molecule has 0 radical (unpaired) electrons. The third kappa shape index (κ3) is 5.57. The maximum absolute atomic E-state index is 13.3. The average molecular weight is 524 g/mol. The SMILES string of the molecule is CCOc1ccc([C@H]2/C(=C(\O)c3ccc(OCc4cccc(C)c4)cc3)C(=O)C(=O)N2Cc2ccco2)cc1. The fraction of sp³-hybridized carbons (Fsp3) is 0.188. The van der Waals surface area contributed by atoms with Crippen LogP contribution in [0.2, 0.25) is 0 Å². The molecule has 198 valence electrons. The van der Waals surface area contributed by atoms with Crippen LogP contribution in [0.25, 0.3) is 5.76 Å². The highest BCUT2D eigenvalue weighted by Gasteiger charge is 2.46. The Hall–Kier alpha value is -4.78. The summed E-state index contributed by atoms with van der Waals surface area (Å²) >= 11 is 0. The second-order valence-electron chi connectivity index (χ2n) is 9.31. The Labute approximate surface area is 226 Å². The molecule has 1 aromatic heterocycles. The lowest BCUT2D eigenvalue weighted by Crippen LogP contribution is -2.29. The first kappa shape index (κ1) is 25.9. The van der Waals surface area contributed by atoms with Gasteiger partial charge in [-0.3, -0.25) is 9.59 Å². The van der Waals surface area contributed by atoms with Crippen molar-refractivity contribution < 1.29 is 28.6 Å². The van der Waals surface area contributed by atoms with E-state index in [9.17, 15) is 14.7 Å². The van der Waals surface area contributed by atoms with E-state index in [1.807, 2.05) is 32.0 Å². The third-order valence-electron chi connectivity index (χ3n) is 6.57. The maximum atomic E-state index is 13.3. The van der Waals surface area contributed by atoms with E-state index in [1.54, 1.807) is 60.7 Å². The molecule has 1 amide bonds. The number of hydrogen-bond acceptors (Lipinski definition) is 6. The van der Waals surface area contributed by atoms with Crippen molar-refractivity contribution in [3.8, 4) is 11.5 Å². The summed E-state index contributed by atoms with van der Waals surface area (Å²) in [6.45, 7) is 4.92. The van der Waals surface area contributed by atoms with Gasteiger partial charge in [0.2, 0.25) is 0 Å². The zero-order valence-corrected chi connectivity index (χ0v) is 21.8. The highest BCUT2D eigenvalue weighted by Crippen LogP contribution is 2.41. The molecule has 5 rings (SSSR count). The normalized spacial score (nSPS) is 16.5. The molecule has 4 aromatic rings. The van der Waals surface area contributed by atoms with Crippen LogP contribution in [0.5, 0.6) is 11.5 Å². The first-order valence-corrected chi connectivity index (χ1v) is 12.8. The summed E-state index contributed by atoms with van der Waals surface area (Å²) in [5.41, 5.74) is 3.30. The number of amides is 1. The van der Waals surface area contributed by atoms with Gasteiger partial charge in [-0.2, -0.15) is 0 Å². The van der Waals surface area contributed by atoms with Crippen molar-refractivity contribution in [3.05, 3.63) is 125 Å². The van der Waals surface area contributed by atoms with E-state index in [0.29, 0.717) is 41.6 Å². The molecule has 1 fully saturated rings. The van der Waals surface area contributed by atoms with Crippen molar-refractivity contribution in [1.82, 2.24) is 4.90 Å². The van der Waals surface area contributed by atoms with Crippen molar-refractivity contribution >= 4 is 17.4 Å². The zero-order chi connectivity index (χ0) is 27.4. The summed E-state index contributed by atoms with van der Waals surface area (Å²) in [5, 5.41) is 11.3. The van der Waals surface area contributed by atoms with Gasteiger partial charge in [0.25, 0.3) is 11.7 Å². The largest absolute Gasteiger partial charge is 0.507 e. The van der Waals surface area contributed by atoms with Crippen LogP contribution in [0.15, 0.2) is 101 Å². The smallest absolute Gasteiger partial charge is 0.296 e. The Bertz CT molecular complexity index is 1490. The Morgan fingerprint density at radius 2 is 1.64 bits per heavy atom. The Morgan fingerprint density at radius 3 is 2.31 bits per heavy atom. The van der Waals surface area contributed by atoms with E-state index >= 15 is 0 Å². The molecule has 0 spiro atoms. The fourth-order valence-corrected chi connectivity index (χ4v) is 4.71. The molecule has 2 heterocycles. The standard InChI is InChI=1S/C32H29NO6/c1-3-37-25-13-9-23(10-14-25)29-28(31(35)32(36)33(29)19-27-8-5-17-38-27)30(34)24-11-15-26(16-12-24)39-20-22-7-4-6-21(2)18-22/h4-18,29,34H,3,19-20H2,1-2H3/b30-28+/t29-/m0/s1.